The molecule has 0 saturated carbocycles. The number of nitrogens with zero attached hydrogens (tertiary/aromatic N) is 1. The molecule has 0 aliphatic heterocycles. The third kappa shape index (κ3) is 2.79. The van der Waals surface area contributed by atoms with Gasteiger partial charge in [-0.1, -0.05) is 0 Å². The molecule has 0 unspecified atom stereocenters. The van der Waals surface area contributed by atoms with Crippen molar-refractivity contribution in [3.63, 3.8) is 0 Å². The highest BCUT2D eigenvalue weighted by Gasteiger charge is 2.23. The lowest BCUT2D eigenvalue weighted by Crippen LogP contribution is -2.38. The fourth-order valence-electron chi connectivity index (χ4n) is 1.38. The zero-order valence-corrected chi connectivity index (χ0v) is 9.54. The highest BCUT2D eigenvalue weighted by molar-refractivity contribution is 5.96. The molecule has 7 heteroatoms. The molecule has 1 aromatic carbocycles. The molecule has 1 rings (SSSR count). The number of nitrogens with two attached hydrogens (primary N) is 1. The number of halogens is 3. The van der Waals surface area contributed by atoms with E-state index in [4.69, 9.17) is 5.73 Å². The molecule has 4 nitrogen and oxygen atoms in total. The zero-order valence-electron chi connectivity index (χ0n) is 9.54. The normalized spacial score (nSPS) is 10.2. The smallest absolute Gasteiger partial charge is 0.257 e. The molecule has 0 atom stereocenters. The van der Waals surface area contributed by atoms with Gasteiger partial charge in [-0.3, -0.25) is 9.59 Å². The van der Waals surface area contributed by atoms with Crippen LogP contribution in [0.3, 0.4) is 0 Å². The van der Waals surface area contributed by atoms with Crippen LogP contribution in [0.5, 0.6) is 0 Å². The topological polar surface area (TPSA) is 63.4 Å². The Bertz CT molecular complexity index is 491. The average molecular weight is 260 g/mol. The number of amides is 2. The van der Waals surface area contributed by atoms with Crippen LogP contribution in [0, 0.1) is 17.5 Å². The predicted molar refractivity (Wildman–Crippen MR) is 57.1 cm³/mol. The van der Waals surface area contributed by atoms with E-state index in [0.717, 1.165) is 11.0 Å². The Balaban J connectivity index is 3.10. The third-order valence-electron chi connectivity index (χ3n) is 2.28. The first-order valence-corrected chi connectivity index (χ1v) is 5.09. The molecule has 0 saturated heterocycles. The Hall–Kier alpha value is -2.05. The Kier molecular flexibility index (Phi) is 4.30. The second-order valence-corrected chi connectivity index (χ2v) is 3.51. The Morgan fingerprint density at radius 1 is 1.22 bits per heavy atom. The van der Waals surface area contributed by atoms with Crippen molar-refractivity contribution in [1.82, 2.24) is 4.90 Å². The number of primary amides is 1. The van der Waals surface area contributed by atoms with Gasteiger partial charge >= 0.3 is 0 Å². The molecule has 0 aliphatic carbocycles. The molecule has 0 aromatic heterocycles. The van der Waals surface area contributed by atoms with Gasteiger partial charge in [0.15, 0.2) is 17.5 Å². The minimum atomic E-state index is -1.73. The van der Waals surface area contributed by atoms with Crippen LogP contribution in [-0.4, -0.2) is 29.8 Å². The number of benzene rings is 1. The molecule has 0 spiro atoms. The van der Waals surface area contributed by atoms with Crippen molar-refractivity contribution in [2.45, 2.75) is 6.92 Å². The maximum atomic E-state index is 13.4. The van der Waals surface area contributed by atoms with Crippen LogP contribution >= 0.6 is 0 Å². The molecule has 0 bridgehead atoms. The molecular formula is C11H11F3N2O2. The van der Waals surface area contributed by atoms with E-state index in [2.05, 4.69) is 0 Å². The van der Waals surface area contributed by atoms with E-state index in [1.54, 1.807) is 6.92 Å². The van der Waals surface area contributed by atoms with Gasteiger partial charge in [-0.05, 0) is 19.1 Å². The predicted octanol–water partition coefficient (Wildman–Crippen LogP) is 1.05. The summed E-state index contributed by atoms with van der Waals surface area (Å²) >= 11 is 0. The van der Waals surface area contributed by atoms with E-state index in [1.165, 1.54) is 0 Å². The van der Waals surface area contributed by atoms with Gasteiger partial charge in [0.2, 0.25) is 5.91 Å². The first kappa shape index (κ1) is 14.0. The second kappa shape index (κ2) is 5.52. The van der Waals surface area contributed by atoms with Gasteiger partial charge in [-0.2, -0.15) is 0 Å². The maximum absolute atomic E-state index is 13.4. The molecule has 98 valence electrons. The van der Waals surface area contributed by atoms with Crippen molar-refractivity contribution in [3.8, 4) is 0 Å². The van der Waals surface area contributed by atoms with Crippen molar-refractivity contribution in [2.75, 3.05) is 13.1 Å². The van der Waals surface area contributed by atoms with Gasteiger partial charge in [-0.15, -0.1) is 0 Å². The summed E-state index contributed by atoms with van der Waals surface area (Å²) in [6.45, 7) is 1.20. The molecule has 2 amide bonds. The van der Waals surface area contributed by atoms with E-state index in [1.807, 2.05) is 0 Å². The summed E-state index contributed by atoms with van der Waals surface area (Å²) in [5.41, 5.74) is 4.27. The Morgan fingerprint density at radius 3 is 2.33 bits per heavy atom. The van der Waals surface area contributed by atoms with Crippen LogP contribution in [0.1, 0.15) is 17.3 Å². The van der Waals surface area contributed by atoms with Crippen LogP contribution < -0.4 is 5.73 Å². The summed E-state index contributed by atoms with van der Waals surface area (Å²) in [6, 6.07) is 1.46. The van der Waals surface area contributed by atoms with Crippen molar-refractivity contribution in [1.29, 1.82) is 0 Å². The quantitative estimate of drug-likeness (QED) is 0.822. The first-order valence-electron chi connectivity index (χ1n) is 5.09. The highest BCUT2D eigenvalue weighted by Crippen LogP contribution is 2.16. The van der Waals surface area contributed by atoms with Gasteiger partial charge in [0.25, 0.3) is 5.91 Å². The maximum Gasteiger partial charge on any atom is 0.257 e. The molecule has 0 aliphatic rings. The number of likely N-dealkylation sites (N-methyl/N-ethyl adjacent to an activating group) is 1. The van der Waals surface area contributed by atoms with Crippen LogP contribution in [0.2, 0.25) is 0 Å². The van der Waals surface area contributed by atoms with Crippen LogP contribution in [0.15, 0.2) is 12.1 Å². The highest BCUT2D eigenvalue weighted by atomic mass is 19.2. The summed E-state index contributed by atoms with van der Waals surface area (Å²) in [4.78, 5) is 23.4. The fraction of sp³-hybridized carbons (Fsp3) is 0.273. The second-order valence-electron chi connectivity index (χ2n) is 3.51. The van der Waals surface area contributed by atoms with Gasteiger partial charge in [-0.25, -0.2) is 13.2 Å². The van der Waals surface area contributed by atoms with Crippen LogP contribution in [0.4, 0.5) is 13.2 Å². The average Bonchev–Trinajstić information content (AvgIpc) is 2.32. The molecule has 2 N–H and O–H groups in total. The van der Waals surface area contributed by atoms with Crippen molar-refractivity contribution >= 4 is 11.8 Å². The summed E-state index contributed by atoms with van der Waals surface area (Å²) in [5, 5.41) is 0. The molecule has 0 radical (unpaired) electrons. The standard InChI is InChI=1S/C11H11F3N2O2/c1-2-16(5-8(15)17)11(18)6-3-4-7(12)10(14)9(6)13/h3-4H,2,5H2,1H3,(H2,15,17). The molecule has 18 heavy (non-hydrogen) atoms. The largest absolute Gasteiger partial charge is 0.368 e. The number of rotatable bonds is 4. The van der Waals surface area contributed by atoms with Gasteiger partial charge in [0.05, 0.1) is 12.1 Å². The number of carbonyl (C=O) groups excluding carboxylic acids is 2. The number of hydrogen-bond donors (Lipinski definition) is 1. The molecular weight excluding hydrogens is 249 g/mol. The fourth-order valence-corrected chi connectivity index (χ4v) is 1.38. The van der Waals surface area contributed by atoms with Crippen LogP contribution in [0.25, 0.3) is 0 Å². The minimum Gasteiger partial charge on any atom is -0.368 e. The Labute approximate surface area is 101 Å². The summed E-state index contributed by atoms with van der Waals surface area (Å²) in [7, 11) is 0. The van der Waals surface area contributed by atoms with Crippen molar-refractivity contribution in [2.24, 2.45) is 5.73 Å². The summed E-state index contributed by atoms with van der Waals surface area (Å²) in [5.74, 6) is -6.40. The zero-order chi connectivity index (χ0) is 13.9. The summed E-state index contributed by atoms with van der Waals surface area (Å²) in [6.07, 6.45) is 0. The SMILES string of the molecule is CCN(CC(N)=O)C(=O)c1ccc(F)c(F)c1F. The van der Waals surface area contributed by atoms with E-state index < -0.39 is 41.4 Å². The van der Waals surface area contributed by atoms with Crippen molar-refractivity contribution < 1.29 is 22.8 Å². The molecule has 0 fully saturated rings. The van der Waals surface area contributed by atoms with Gasteiger partial charge in [0.1, 0.15) is 0 Å². The number of hydrogen-bond acceptors (Lipinski definition) is 2. The van der Waals surface area contributed by atoms with Gasteiger partial charge < -0.3 is 10.6 Å². The molecule has 1 aromatic rings. The van der Waals surface area contributed by atoms with Crippen molar-refractivity contribution in [3.05, 3.63) is 35.1 Å². The van der Waals surface area contributed by atoms with E-state index in [9.17, 15) is 22.8 Å². The van der Waals surface area contributed by atoms with E-state index in [0.29, 0.717) is 6.07 Å². The van der Waals surface area contributed by atoms with Crippen LogP contribution in [-0.2, 0) is 4.79 Å². The lowest BCUT2D eigenvalue weighted by molar-refractivity contribution is -0.118. The lowest BCUT2D eigenvalue weighted by atomic mass is 10.1. The lowest BCUT2D eigenvalue weighted by Gasteiger charge is -2.19. The van der Waals surface area contributed by atoms with E-state index >= 15 is 0 Å². The summed E-state index contributed by atoms with van der Waals surface area (Å²) < 4.78 is 39.0. The van der Waals surface area contributed by atoms with Gasteiger partial charge in [0, 0.05) is 6.54 Å². The first-order chi connectivity index (χ1) is 8.38. The van der Waals surface area contributed by atoms with E-state index in [-0.39, 0.29) is 6.54 Å². The number of carbonyl (C=O) groups is 2. The monoisotopic (exact) mass is 260 g/mol. The molecule has 0 heterocycles. The Morgan fingerprint density at radius 2 is 1.83 bits per heavy atom. The minimum absolute atomic E-state index is 0.0835. The third-order valence-corrected chi connectivity index (χ3v) is 2.28.